The van der Waals surface area contributed by atoms with Crippen LogP contribution in [0.1, 0.15) is 16.7 Å². The highest BCUT2D eigenvalue weighted by Gasteiger charge is 2.02. The molecule has 84 valence electrons. The van der Waals surface area contributed by atoms with Crippen LogP contribution in [-0.4, -0.2) is 9.97 Å². The van der Waals surface area contributed by atoms with E-state index in [4.69, 9.17) is 17.5 Å². The number of rotatable bonds is 2. The molecule has 0 spiro atoms. The van der Waals surface area contributed by atoms with E-state index in [1.807, 2.05) is 6.07 Å². The summed E-state index contributed by atoms with van der Waals surface area (Å²) in [6, 6.07) is 9.24. The van der Waals surface area contributed by atoms with Gasteiger partial charge in [0.1, 0.15) is 0 Å². The number of benzene rings is 1. The molecular formula is C12H9N3OS. The van der Waals surface area contributed by atoms with Crippen molar-refractivity contribution in [3.8, 4) is 6.07 Å². The Balaban J connectivity index is 2.35. The van der Waals surface area contributed by atoms with Crippen LogP contribution in [0.3, 0.4) is 0 Å². The van der Waals surface area contributed by atoms with Crippen molar-refractivity contribution in [3.05, 3.63) is 62.3 Å². The van der Waals surface area contributed by atoms with Gasteiger partial charge in [-0.25, -0.2) is 0 Å². The number of aromatic nitrogens is 2. The molecule has 0 saturated heterocycles. The summed E-state index contributed by atoms with van der Waals surface area (Å²) >= 11 is 4.81. The zero-order chi connectivity index (χ0) is 12.3. The number of hydrogen-bond donors (Lipinski definition) is 2. The highest BCUT2D eigenvalue weighted by Crippen LogP contribution is 2.07. The summed E-state index contributed by atoms with van der Waals surface area (Å²) in [5, 5.41) is 8.78. The molecule has 0 bridgehead atoms. The zero-order valence-electron chi connectivity index (χ0n) is 8.86. The molecule has 1 aromatic heterocycles. The molecule has 0 atom stereocenters. The van der Waals surface area contributed by atoms with Crippen LogP contribution in [-0.2, 0) is 6.42 Å². The first-order valence-electron chi connectivity index (χ1n) is 4.99. The van der Waals surface area contributed by atoms with Crippen LogP contribution in [0.25, 0.3) is 0 Å². The van der Waals surface area contributed by atoms with Crippen LogP contribution in [0.4, 0.5) is 0 Å². The van der Waals surface area contributed by atoms with E-state index in [1.54, 1.807) is 24.4 Å². The molecule has 2 N–H and O–H groups in total. The Morgan fingerprint density at radius 1 is 1.41 bits per heavy atom. The predicted octanol–water partition coefficient (Wildman–Crippen LogP) is 1.89. The molecule has 4 nitrogen and oxygen atoms in total. The van der Waals surface area contributed by atoms with E-state index >= 15 is 0 Å². The summed E-state index contributed by atoms with van der Waals surface area (Å²) in [5.41, 5.74) is 1.90. The SMILES string of the molecule is N#Cc1cccc(Cc2c[nH]c(=S)[nH]c2=O)c1. The second-order valence-electron chi connectivity index (χ2n) is 3.59. The average Bonchev–Trinajstić information content (AvgIpc) is 2.33. The lowest BCUT2D eigenvalue weighted by Gasteiger charge is -2.01. The van der Waals surface area contributed by atoms with Gasteiger partial charge in [0.05, 0.1) is 11.6 Å². The van der Waals surface area contributed by atoms with Crippen LogP contribution in [0.5, 0.6) is 0 Å². The Hall–Kier alpha value is -2.19. The van der Waals surface area contributed by atoms with Gasteiger partial charge in [-0.15, -0.1) is 0 Å². The molecule has 0 saturated carbocycles. The number of H-pyrrole nitrogens is 2. The van der Waals surface area contributed by atoms with Gasteiger partial charge in [-0.3, -0.25) is 9.78 Å². The second kappa shape index (κ2) is 4.76. The molecule has 2 rings (SSSR count). The van der Waals surface area contributed by atoms with Gasteiger partial charge in [0.25, 0.3) is 5.56 Å². The minimum atomic E-state index is -0.198. The fourth-order valence-electron chi connectivity index (χ4n) is 1.54. The lowest BCUT2D eigenvalue weighted by molar-refractivity contribution is 1.01. The average molecular weight is 243 g/mol. The first-order valence-corrected chi connectivity index (χ1v) is 5.40. The first-order chi connectivity index (χ1) is 8.19. The maximum Gasteiger partial charge on any atom is 0.255 e. The van der Waals surface area contributed by atoms with Crippen molar-refractivity contribution in [1.29, 1.82) is 5.26 Å². The smallest absolute Gasteiger partial charge is 0.255 e. The lowest BCUT2D eigenvalue weighted by atomic mass is 10.1. The monoisotopic (exact) mass is 243 g/mol. The minimum absolute atomic E-state index is 0.198. The summed E-state index contributed by atoms with van der Waals surface area (Å²) in [6.07, 6.45) is 2.07. The molecule has 0 aliphatic carbocycles. The summed E-state index contributed by atoms with van der Waals surface area (Å²) < 4.78 is 0.310. The van der Waals surface area contributed by atoms with E-state index in [0.29, 0.717) is 22.3 Å². The molecule has 0 aliphatic heterocycles. The van der Waals surface area contributed by atoms with Crippen LogP contribution in [0, 0.1) is 16.1 Å². The fraction of sp³-hybridized carbons (Fsp3) is 0.0833. The Labute approximate surface area is 103 Å². The van der Waals surface area contributed by atoms with Crippen molar-refractivity contribution in [1.82, 2.24) is 9.97 Å². The standard InChI is InChI=1S/C12H9N3OS/c13-6-9-3-1-2-8(4-9)5-10-7-14-12(17)15-11(10)16/h1-4,7H,5H2,(H2,14,15,16,17). The molecule has 17 heavy (non-hydrogen) atoms. The van der Waals surface area contributed by atoms with E-state index in [2.05, 4.69) is 16.0 Å². The summed E-state index contributed by atoms with van der Waals surface area (Å²) in [5.74, 6) is 0. The topological polar surface area (TPSA) is 72.4 Å². The Morgan fingerprint density at radius 3 is 2.94 bits per heavy atom. The van der Waals surface area contributed by atoms with Crippen molar-refractivity contribution >= 4 is 12.2 Å². The molecule has 5 heteroatoms. The van der Waals surface area contributed by atoms with E-state index in [0.717, 1.165) is 5.56 Å². The van der Waals surface area contributed by atoms with Gasteiger partial charge >= 0.3 is 0 Å². The van der Waals surface area contributed by atoms with Gasteiger partial charge in [0.15, 0.2) is 4.77 Å². The summed E-state index contributed by atoms with van der Waals surface area (Å²) in [6.45, 7) is 0. The molecule has 0 radical (unpaired) electrons. The van der Waals surface area contributed by atoms with Crippen LogP contribution in [0.15, 0.2) is 35.3 Å². The fourth-order valence-corrected chi connectivity index (χ4v) is 1.69. The van der Waals surface area contributed by atoms with Crippen LogP contribution in [0.2, 0.25) is 0 Å². The number of hydrogen-bond acceptors (Lipinski definition) is 3. The highest BCUT2D eigenvalue weighted by molar-refractivity contribution is 7.71. The zero-order valence-corrected chi connectivity index (χ0v) is 9.67. The maximum absolute atomic E-state index is 11.6. The quantitative estimate of drug-likeness (QED) is 0.791. The molecule has 1 heterocycles. The molecule has 0 unspecified atom stereocenters. The number of nitrogens with zero attached hydrogens (tertiary/aromatic N) is 1. The summed E-state index contributed by atoms with van der Waals surface area (Å²) in [4.78, 5) is 16.9. The van der Waals surface area contributed by atoms with Crippen molar-refractivity contribution < 1.29 is 0 Å². The first kappa shape index (κ1) is 11.3. The van der Waals surface area contributed by atoms with Gasteiger partial charge in [-0.1, -0.05) is 12.1 Å². The van der Waals surface area contributed by atoms with E-state index in [1.165, 1.54) is 0 Å². The number of aromatic amines is 2. The number of nitriles is 1. The van der Waals surface area contributed by atoms with Crippen molar-refractivity contribution in [2.24, 2.45) is 0 Å². The van der Waals surface area contributed by atoms with Gasteiger partial charge in [-0.2, -0.15) is 5.26 Å². The van der Waals surface area contributed by atoms with Crippen molar-refractivity contribution in [2.75, 3.05) is 0 Å². The van der Waals surface area contributed by atoms with Gasteiger partial charge < -0.3 is 4.98 Å². The molecular weight excluding hydrogens is 234 g/mol. The predicted molar refractivity (Wildman–Crippen MR) is 66.2 cm³/mol. The summed E-state index contributed by atoms with van der Waals surface area (Å²) in [7, 11) is 0. The van der Waals surface area contributed by atoms with Gasteiger partial charge in [-0.05, 0) is 29.9 Å². The highest BCUT2D eigenvalue weighted by atomic mass is 32.1. The molecule has 2 aromatic rings. The molecule has 0 fully saturated rings. The largest absolute Gasteiger partial charge is 0.338 e. The Bertz CT molecular complexity index is 694. The third-order valence-corrected chi connectivity index (χ3v) is 2.57. The van der Waals surface area contributed by atoms with Gasteiger partial charge in [0.2, 0.25) is 0 Å². The van der Waals surface area contributed by atoms with E-state index < -0.39 is 0 Å². The van der Waals surface area contributed by atoms with Crippen molar-refractivity contribution in [2.45, 2.75) is 6.42 Å². The van der Waals surface area contributed by atoms with Crippen LogP contribution >= 0.6 is 12.2 Å². The second-order valence-corrected chi connectivity index (χ2v) is 3.99. The lowest BCUT2D eigenvalue weighted by Crippen LogP contribution is -2.13. The van der Waals surface area contributed by atoms with Crippen molar-refractivity contribution in [3.63, 3.8) is 0 Å². The molecule has 0 amide bonds. The number of nitrogens with one attached hydrogen (secondary N) is 2. The van der Waals surface area contributed by atoms with Gasteiger partial charge in [0, 0.05) is 18.2 Å². The molecule has 0 aliphatic rings. The Morgan fingerprint density at radius 2 is 2.24 bits per heavy atom. The maximum atomic E-state index is 11.6. The third kappa shape index (κ3) is 2.68. The normalized spacial score (nSPS) is 9.82. The van der Waals surface area contributed by atoms with E-state index in [9.17, 15) is 4.79 Å². The van der Waals surface area contributed by atoms with E-state index in [-0.39, 0.29) is 5.56 Å². The third-order valence-electron chi connectivity index (χ3n) is 2.35. The van der Waals surface area contributed by atoms with Crippen LogP contribution < -0.4 is 5.56 Å². The minimum Gasteiger partial charge on any atom is -0.338 e. The Kier molecular flexibility index (Phi) is 3.17. The molecule has 1 aromatic carbocycles.